The largest absolute Gasteiger partial charge is 0.345 e. The Bertz CT molecular complexity index is 1220. The number of rotatable bonds is 5. The molecule has 0 spiro atoms. The van der Waals surface area contributed by atoms with E-state index >= 15 is 0 Å². The van der Waals surface area contributed by atoms with Gasteiger partial charge in [-0.15, -0.1) is 11.3 Å². The number of thiazole rings is 1. The van der Waals surface area contributed by atoms with Gasteiger partial charge in [0.05, 0.1) is 15.5 Å². The Kier molecular flexibility index (Phi) is 6.18. The Morgan fingerprint density at radius 1 is 1.03 bits per heavy atom. The van der Waals surface area contributed by atoms with E-state index in [1.54, 1.807) is 12.1 Å². The highest BCUT2D eigenvalue weighted by Gasteiger charge is 2.31. The summed E-state index contributed by atoms with van der Waals surface area (Å²) in [5, 5.41) is 14.4. The molecule has 1 aliphatic heterocycles. The first kappa shape index (κ1) is 22.0. The molecule has 8 nitrogen and oxygen atoms in total. The van der Waals surface area contributed by atoms with Crippen molar-refractivity contribution in [1.29, 1.82) is 0 Å². The minimum absolute atomic E-state index is 0.103. The van der Waals surface area contributed by atoms with E-state index in [1.807, 2.05) is 22.4 Å². The van der Waals surface area contributed by atoms with Gasteiger partial charge in [-0.1, -0.05) is 35.3 Å². The highest BCUT2D eigenvalue weighted by molar-refractivity contribution is 7.89. The lowest BCUT2D eigenvalue weighted by molar-refractivity contribution is -0.384. The zero-order chi connectivity index (χ0) is 22.2. The fourth-order valence-electron chi connectivity index (χ4n) is 3.22. The summed E-state index contributed by atoms with van der Waals surface area (Å²) in [7, 11) is -3.87. The topological polar surface area (TPSA) is 96.6 Å². The van der Waals surface area contributed by atoms with Crippen LogP contribution in [0.1, 0.15) is 0 Å². The van der Waals surface area contributed by atoms with Crippen LogP contribution in [0.4, 0.5) is 10.8 Å². The van der Waals surface area contributed by atoms with Gasteiger partial charge in [-0.05, 0) is 24.3 Å². The third-order valence-corrected chi connectivity index (χ3v) is 8.26. The van der Waals surface area contributed by atoms with Gasteiger partial charge in [-0.2, -0.15) is 4.31 Å². The number of hydrogen-bond donors (Lipinski definition) is 0. The highest BCUT2D eigenvalue weighted by atomic mass is 35.5. The summed E-state index contributed by atoms with van der Waals surface area (Å²) in [6.45, 7) is 1.41. The Hall–Kier alpha value is -2.24. The number of piperazine rings is 1. The molecular formula is C19H16Cl2N4O4S2. The molecule has 0 unspecified atom stereocenters. The molecule has 31 heavy (non-hydrogen) atoms. The van der Waals surface area contributed by atoms with Crippen molar-refractivity contribution in [2.24, 2.45) is 0 Å². The van der Waals surface area contributed by atoms with Gasteiger partial charge >= 0.3 is 0 Å². The molecular weight excluding hydrogens is 483 g/mol. The van der Waals surface area contributed by atoms with E-state index in [9.17, 15) is 18.5 Å². The van der Waals surface area contributed by atoms with E-state index in [1.165, 1.54) is 27.8 Å². The number of aromatic nitrogens is 1. The summed E-state index contributed by atoms with van der Waals surface area (Å²) in [4.78, 5) is 16.9. The minimum Gasteiger partial charge on any atom is -0.345 e. The number of hydrogen-bond acceptors (Lipinski definition) is 7. The maximum absolute atomic E-state index is 13.0. The highest BCUT2D eigenvalue weighted by Crippen LogP contribution is 2.31. The first-order valence-electron chi connectivity index (χ1n) is 9.16. The van der Waals surface area contributed by atoms with Gasteiger partial charge in [0.2, 0.25) is 10.0 Å². The van der Waals surface area contributed by atoms with Crippen molar-refractivity contribution in [1.82, 2.24) is 9.29 Å². The van der Waals surface area contributed by atoms with Crippen molar-refractivity contribution in [3.05, 3.63) is 68.0 Å². The van der Waals surface area contributed by atoms with Crippen LogP contribution in [0.25, 0.3) is 11.3 Å². The van der Waals surface area contributed by atoms with E-state index in [2.05, 4.69) is 4.98 Å². The van der Waals surface area contributed by atoms with Crippen LogP contribution in [-0.2, 0) is 10.0 Å². The SMILES string of the molecule is O=[N+]([O-])c1cc(S(=O)(=O)N2CCN(c3nc(-c4ccc(Cl)cc4)cs3)CC2)ccc1Cl. The molecule has 12 heteroatoms. The summed E-state index contributed by atoms with van der Waals surface area (Å²) in [6.07, 6.45) is 0. The number of benzene rings is 2. The number of nitrogens with zero attached hydrogens (tertiary/aromatic N) is 4. The van der Waals surface area contributed by atoms with Gasteiger partial charge in [-0.3, -0.25) is 10.1 Å². The van der Waals surface area contributed by atoms with E-state index in [4.69, 9.17) is 23.2 Å². The Balaban J connectivity index is 1.47. The molecule has 0 amide bonds. The van der Waals surface area contributed by atoms with Crippen LogP contribution < -0.4 is 4.90 Å². The van der Waals surface area contributed by atoms with Crippen molar-refractivity contribution >= 4 is 55.4 Å². The molecule has 0 radical (unpaired) electrons. The summed E-state index contributed by atoms with van der Waals surface area (Å²) in [5.41, 5.74) is 1.36. The molecule has 1 aromatic heterocycles. The number of nitro benzene ring substituents is 1. The third-order valence-electron chi connectivity index (χ3n) is 4.89. The molecule has 1 aliphatic rings. The van der Waals surface area contributed by atoms with Crippen molar-refractivity contribution in [2.45, 2.75) is 4.90 Å². The quantitative estimate of drug-likeness (QED) is 0.378. The molecule has 2 heterocycles. The summed E-state index contributed by atoms with van der Waals surface area (Å²) in [6, 6.07) is 10.9. The molecule has 4 rings (SSSR count). The normalized spacial score (nSPS) is 15.2. The summed E-state index contributed by atoms with van der Waals surface area (Å²) in [5.74, 6) is 0. The van der Waals surface area contributed by atoms with Crippen LogP contribution in [0.2, 0.25) is 10.0 Å². The Labute approximate surface area is 192 Å². The second-order valence-corrected chi connectivity index (χ2v) is 10.4. The summed E-state index contributed by atoms with van der Waals surface area (Å²) >= 11 is 13.2. The molecule has 0 bridgehead atoms. The van der Waals surface area contributed by atoms with Gasteiger partial charge in [0, 0.05) is 48.2 Å². The van der Waals surface area contributed by atoms with Crippen molar-refractivity contribution in [3.63, 3.8) is 0 Å². The molecule has 1 fully saturated rings. The van der Waals surface area contributed by atoms with Gasteiger partial charge in [0.15, 0.2) is 5.13 Å². The standard InChI is InChI=1S/C19H16Cl2N4O4S2/c20-14-3-1-13(2-4-14)17-12-30-19(22-17)23-7-9-24(10-8-23)31(28,29)15-5-6-16(21)18(11-15)25(26)27/h1-6,11-12H,7-10H2. The monoisotopic (exact) mass is 498 g/mol. The van der Waals surface area contributed by atoms with E-state index in [0.717, 1.165) is 22.5 Å². The minimum atomic E-state index is -3.87. The predicted molar refractivity (Wildman–Crippen MR) is 122 cm³/mol. The van der Waals surface area contributed by atoms with Gasteiger partial charge < -0.3 is 4.90 Å². The molecule has 162 valence electrons. The van der Waals surface area contributed by atoms with Gasteiger partial charge in [0.1, 0.15) is 5.02 Å². The molecule has 0 aliphatic carbocycles. The van der Waals surface area contributed by atoms with Crippen LogP contribution >= 0.6 is 34.5 Å². The first-order valence-corrected chi connectivity index (χ1v) is 12.2. The predicted octanol–water partition coefficient (Wildman–Crippen LogP) is 4.54. The molecule has 2 aromatic carbocycles. The molecule has 3 aromatic rings. The lowest BCUT2D eigenvalue weighted by Crippen LogP contribution is -2.48. The molecule has 1 saturated heterocycles. The molecule has 0 atom stereocenters. The number of nitro groups is 1. The van der Waals surface area contributed by atoms with Crippen molar-refractivity contribution < 1.29 is 13.3 Å². The second kappa shape index (κ2) is 8.71. The zero-order valence-electron chi connectivity index (χ0n) is 15.9. The molecule has 0 N–H and O–H groups in total. The first-order chi connectivity index (χ1) is 14.8. The number of anilines is 1. The van der Waals surface area contributed by atoms with Gasteiger partial charge in [0.25, 0.3) is 5.69 Å². The van der Waals surface area contributed by atoms with Crippen LogP contribution in [0, 0.1) is 10.1 Å². The lowest BCUT2D eigenvalue weighted by Gasteiger charge is -2.33. The van der Waals surface area contributed by atoms with Crippen molar-refractivity contribution in [2.75, 3.05) is 31.1 Å². The second-order valence-electron chi connectivity index (χ2n) is 6.78. The van der Waals surface area contributed by atoms with Crippen LogP contribution in [0.15, 0.2) is 52.7 Å². The number of sulfonamides is 1. The van der Waals surface area contributed by atoms with Crippen LogP contribution in [0.3, 0.4) is 0 Å². The van der Waals surface area contributed by atoms with E-state index in [-0.39, 0.29) is 23.0 Å². The third kappa shape index (κ3) is 4.53. The Morgan fingerprint density at radius 3 is 2.35 bits per heavy atom. The lowest BCUT2D eigenvalue weighted by atomic mass is 10.2. The Morgan fingerprint density at radius 2 is 1.71 bits per heavy atom. The van der Waals surface area contributed by atoms with Crippen LogP contribution in [-0.4, -0.2) is 48.8 Å². The maximum Gasteiger partial charge on any atom is 0.289 e. The maximum atomic E-state index is 13.0. The van der Waals surface area contributed by atoms with E-state index in [0.29, 0.717) is 18.1 Å². The number of halogens is 2. The smallest absolute Gasteiger partial charge is 0.289 e. The van der Waals surface area contributed by atoms with Crippen molar-refractivity contribution in [3.8, 4) is 11.3 Å². The average molecular weight is 499 g/mol. The summed E-state index contributed by atoms with van der Waals surface area (Å²) < 4.78 is 27.2. The van der Waals surface area contributed by atoms with Crippen LogP contribution in [0.5, 0.6) is 0 Å². The van der Waals surface area contributed by atoms with E-state index < -0.39 is 20.6 Å². The van der Waals surface area contributed by atoms with Gasteiger partial charge in [-0.25, -0.2) is 13.4 Å². The zero-order valence-corrected chi connectivity index (χ0v) is 19.1. The average Bonchev–Trinajstić information content (AvgIpc) is 3.24. The fraction of sp³-hybridized carbons (Fsp3) is 0.211. The fourth-order valence-corrected chi connectivity index (χ4v) is 5.87. The molecule has 0 saturated carbocycles.